The van der Waals surface area contributed by atoms with Gasteiger partial charge in [-0.1, -0.05) is 13.8 Å². The van der Waals surface area contributed by atoms with E-state index in [1.807, 2.05) is 0 Å². The zero-order valence-electron chi connectivity index (χ0n) is 17.2. The fourth-order valence-corrected chi connectivity index (χ4v) is 8.95. The van der Waals surface area contributed by atoms with Crippen LogP contribution in [0.3, 0.4) is 0 Å². The topological polar surface area (TPSA) is 38.7 Å². The van der Waals surface area contributed by atoms with Gasteiger partial charge >= 0.3 is 7.12 Å². The maximum absolute atomic E-state index is 10.2. The summed E-state index contributed by atoms with van der Waals surface area (Å²) in [6, 6.07) is 0. The van der Waals surface area contributed by atoms with Crippen molar-refractivity contribution in [3.8, 4) is 0 Å². The third kappa shape index (κ3) is 2.13. The van der Waals surface area contributed by atoms with Crippen molar-refractivity contribution in [2.45, 2.75) is 103 Å². The molecule has 9 atom stereocenters. The van der Waals surface area contributed by atoms with Gasteiger partial charge in [-0.2, -0.15) is 0 Å². The molecule has 0 aromatic rings. The summed E-state index contributed by atoms with van der Waals surface area (Å²) in [5.41, 5.74) is 0.684. The Kier molecular flexibility index (Phi) is 3.97. The summed E-state index contributed by atoms with van der Waals surface area (Å²) in [4.78, 5) is 0. The molecule has 0 amide bonds. The maximum atomic E-state index is 10.2. The lowest BCUT2D eigenvalue weighted by molar-refractivity contribution is -0.155. The summed E-state index contributed by atoms with van der Waals surface area (Å²) >= 11 is 0. The largest absolute Gasteiger partial charge is 0.454 e. The lowest BCUT2D eigenvalue weighted by Gasteiger charge is -2.62. The Balaban J connectivity index is 1.45. The molecule has 4 saturated carbocycles. The predicted molar refractivity (Wildman–Crippen MR) is 104 cm³/mol. The van der Waals surface area contributed by atoms with Crippen molar-refractivity contribution in [3.63, 3.8) is 0 Å². The SMILES string of the molecule is CB1O[C@H](C)[C@]2(CCC3C4CC[C@H]5C[C@@H](O)CCC5(C)C4CCC32C)O1. The van der Waals surface area contributed by atoms with Gasteiger partial charge in [-0.05, 0) is 101 Å². The van der Waals surface area contributed by atoms with Gasteiger partial charge in [-0.3, -0.25) is 0 Å². The van der Waals surface area contributed by atoms with Crippen LogP contribution in [0, 0.1) is 34.5 Å². The molecular weight excluding hydrogens is 323 g/mol. The zero-order valence-corrected chi connectivity index (χ0v) is 17.2. The number of rotatable bonds is 0. The summed E-state index contributed by atoms with van der Waals surface area (Å²) in [5.74, 6) is 3.26. The molecule has 5 unspecified atom stereocenters. The second-order valence-corrected chi connectivity index (χ2v) is 10.9. The smallest absolute Gasteiger partial charge is 0.406 e. The minimum atomic E-state index is -0.0530. The van der Waals surface area contributed by atoms with Crippen LogP contribution >= 0.6 is 0 Å². The van der Waals surface area contributed by atoms with E-state index in [2.05, 4.69) is 27.6 Å². The molecule has 5 rings (SSSR count). The fraction of sp³-hybridized carbons (Fsp3) is 1.00. The third-order valence-electron chi connectivity index (χ3n) is 10.2. The third-order valence-corrected chi connectivity index (χ3v) is 10.2. The fourth-order valence-electron chi connectivity index (χ4n) is 8.95. The van der Waals surface area contributed by atoms with E-state index in [0.717, 1.165) is 36.5 Å². The summed E-state index contributed by atoms with van der Waals surface area (Å²) in [7, 11) is -0.0496. The van der Waals surface area contributed by atoms with E-state index < -0.39 is 0 Å². The highest BCUT2D eigenvalue weighted by Gasteiger charge is 2.69. The highest BCUT2D eigenvalue weighted by molar-refractivity contribution is 6.43. The lowest BCUT2D eigenvalue weighted by atomic mass is 9.44. The number of fused-ring (bicyclic) bond motifs is 6. The first kappa shape index (κ1) is 18.0. The van der Waals surface area contributed by atoms with Gasteiger partial charge in [-0.25, -0.2) is 0 Å². The Morgan fingerprint density at radius 2 is 1.73 bits per heavy atom. The van der Waals surface area contributed by atoms with E-state index in [1.165, 1.54) is 44.9 Å². The van der Waals surface area contributed by atoms with E-state index in [0.29, 0.717) is 5.41 Å². The van der Waals surface area contributed by atoms with Crippen molar-refractivity contribution < 1.29 is 14.4 Å². The molecule has 3 nitrogen and oxygen atoms in total. The van der Waals surface area contributed by atoms with Crippen LogP contribution in [0.25, 0.3) is 0 Å². The molecule has 4 heteroatoms. The Morgan fingerprint density at radius 1 is 0.962 bits per heavy atom. The van der Waals surface area contributed by atoms with Crippen LogP contribution in [0.1, 0.15) is 78.6 Å². The Morgan fingerprint density at radius 3 is 2.46 bits per heavy atom. The van der Waals surface area contributed by atoms with Gasteiger partial charge in [0, 0.05) is 5.41 Å². The molecular formula is C22H37BO3. The molecule has 0 bridgehead atoms. The predicted octanol–water partition coefficient (Wildman–Crippen LogP) is 4.68. The monoisotopic (exact) mass is 360 g/mol. The molecule has 1 aliphatic heterocycles. The van der Waals surface area contributed by atoms with Gasteiger partial charge in [0.25, 0.3) is 0 Å². The first-order valence-corrected chi connectivity index (χ1v) is 11.3. The molecule has 5 aliphatic rings. The van der Waals surface area contributed by atoms with Gasteiger partial charge in [-0.15, -0.1) is 0 Å². The molecule has 0 aromatic carbocycles. The first-order valence-electron chi connectivity index (χ1n) is 11.3. The molecule has 0 aromatic heterocycles. The Hall–Kier alpha value is -0.0551. The first-order chi connectivity index (χ1) is 12.3. The van der Waals surface area contributed by atoms with Crippen LogP contribution in [-0.4, -0.2) is 30.0 Å². The maximum Gasteiger partial charge on any atom is 0.454 e. The molecule has 1 N–H and O–H groups in total. The van der Waals surface area contributed by atoms with Crippen LogP contribution in [-0.2, 0) is 9.31 Å². The Labute approximate surface area is 159 Å². The van der Waals surface area contributed by atoms with Gasteiger partial charge in [0.1, 0.15) is 0 Å². The van der Waals surface area contributed by atoms with Crippen LogP contribution in [0.5, 0.6) is 0 Å². The second-order valence-electron chi connectivity index (χ2n) is 10.9. The zero-order chi connectivity index (χ0) is 18.3. The van der Waals surface area contributed by atoms with Crippen molar-refractivity contribution in [2.75, 3.05) is 0 Å². The minimum Gasteiger partial charge on any atom is -0.406 e. The van der Waals surface area contributed by atoms with Crippen molar-refractivity contribution >= 4 is 7.12 Å². The van der Waals surface area contributed by atoms with Crippen LogP contribution in [0.15, 0.2) is 0 Å². The quantitative estimate of drug-likeness (QED) is 0.638. The minimum absolute atomic E-state index is 0.0420. The van der Waals surface area contributed by atoms with Gasteiger partial charge in [0.15, 0.2) is 0 Å². The Bertz CT molecular complexity index is 584. The summed E-state index contributed by atoms with van der Waals surface area (Å²) in [6.07, 6.45) is 11.4. The molecule has 26 heavy (non-hydrogen) atoms. The highest BCUT2D eigenvalue weighted by atomic mass is 16.7. The van der Waals surface area contributed by atoms with E-state index >= 15 is 0 Å². The van der Waals surface area contributed by atoms with E-state index in [-0.39, 0.29) is 30.3 Å². The van der Waals surface area contributed by atoms with Gasteiger partial charge in [0.2, 0.25) is 0 Å². The summed E-state index contributed by atoms with van der Waals surface area (Å²) in [6.45, 7) is 9.45. The van der Waals surface area contributed by atoms with Crippen molar-refractivity contribution in [1.82, 2.24) is 0 Å². The lowest BCUT2D eigenvalue weighted by Crippen LogP contribution is -2.58. The standard InChI is InChI=1S/C22H37BO3/c1-14-22(26-23(4)25-14)12-9-19-17-6-5-15-13-16(24)7-10-20(15,2)18(17)8-11-21(19,22)3/h14-19,24H,5-13H2,1-4H3/t14-,15+,16+,17?,18?,19?,20?,21?,22+/m1/s1. The van der Waals surface area contributed by atoms with Crippen molar-refractivity contribution in [2.24, 2.45) is 34.5 Å². The van der Waals surface area contributed by atoms with Crippen LogP contribution < -0.4 is 0 Å². The molecule has 4 aliphatic carbocycles. The van der Waals surface area contributed by atoms with Crippen LogP contribution in [0.4, 0.5) is 0 Å². The molecule has 146 valence electrons. The van der Waals surface area contributed by atoms with E-state index in [4.69, 9.17) is 9.31 Å². The normalized spacial score (nSPS) is 59.2. The number of hydrogen-bond acceptors (Lipinski definition) is 3. The van der Waals surface area contributed by atoms with Crippen molar-refractivity contribution in [3.05, 3.63) is 0 Å². The van der Waals surface area contributed by atoms with Gasteiger partial charge in [0.05, 0.1) is 17.8 Å². The second kappa shape index (κ2) is 5.73. The number of aliphatic hydroxyl groups excluding tert-OH is 1. The molecule has 5 fully saturated rings. The van der Waals surface area contributed by atoms with Gasteiger partial charge < -0.3 is 14.4 Å². The van der Waals surface area contributed by atoms with E-state index in [9.17, 15) is 5.11 Å². The summed E-state index contributed by atoms with van der Waals surface area (Å²) < 4.78 is 12.7. The molecule has 1 heterocycles. The highest BCUT2D eigenvalue weighted by Crippen LogP contribution is 2.70. The average molecular weight is 360 g/mol. The van der Waals surface area contributed by atoms with E-state index in [1.54, 1.807) is 0 Å². The molecule has 1 saturated heterocycles. The van der Waals surface area contributed by atoms with Crippen molar-refractivity contribution in [1.29, 1.82) is 0 Å². The average Bonchev–Trinajstić information content (AvgIpc) is 3.05. The summed E-state index contributed by atoms with van der Waals surface area (Å²) in [5, 5.41) is 10.2. The molecule has 1 spiro atoms. The number of aliphatic hydroxyl groups is 1. The van der Waals surface area contributed by atoms with Crippen LogP contribution in [0.2, 0.25) is 6.82 Å². The number of hydrogen-bond donors (Lipinski definition) is 1. The molecule has 0 radical (unpaired) electrons.